The number of pyridine rings is 1. The van der Waals surface area contributed by atoms with E-state index in [0.717, 1.165) is 5.39 Å². The van der Waals surface area contributed by atoms with E-state index in [4.69, 9.17) is 4.74 Å². The smallest absolute Gasteiger partial charge is 0.328 e. The van der Waals surface area contributed by atoms with Crippen LogP contribution in [0.15, 0.2) is 60.8 Å². The fraction of sp³-hybridized carbons (Fsp3) is 0.150. The second kappa shape index (κ2) is 7.74. The minimum Gasteiger partial charge on any atom is -0.467 e. The number of halogens is 1. The molecular formula is C20H17FN2O3. The number of amides is 1. The maximum Gasteiger partial charge on any atom is 0.328 e. The average Bonchev–Trinajstić information content (AvgIpc) is 2.68. The van der Waals surface area contributed by atoms with Crippen LogP contribution in [0.25, 0.3) is 10.9 Å². The highest BCUT2D eigenvalue weighted by Gasteiger charge is 2.23. The monoisotopic (exact) mass is 352 g/mol. The molecule has 6 heteroatoms. The molecule has 0 saturated heterocycles. The normalized spacial score (nSPS) is 11.8. The molecule has 0 radical (unpaired) electrons. The number of esters is 1. The van der Waals surface area contributed by atoms with Crippen LogP contribution < -0.4 is 5.32 Å². The molecule has 0 aliphatic rings. The van der Waals surface area contributed by atoms with Gasteiger partial charge >= 0.3 is 5.97 Å². The molecule has 1 N–H and O–H groups in total. The van der Waals surface area contributed by atoms with Crippen LogP contribution in [0, 0.1) is 5.82 Å². The van der Waals surface area contributed by atoms with Gasteiger partial charge in [0, 0.05) is 18.0 Å². The Morgan fingerprint density at radius 2 is 1.85 bits per heavy atom. The fourth-order valence-electron chi connectivity index (χ4n) is 2.72. The van der Waals surface area contributed by atoms with Crippen molar-refractivity contribution < 1.29 is 18.7 Å². The number of methoxy groups -OCH3 is 1. The Labute approximate surface area is 149 Å². The molecule has 1 aromatic heterocycles. The predicted molar refractivity (Wildman–Crippen MR) is 95.1 cm³/mol. The van der Waals surface area contributed by atoms with Crippen molar-refractivity contribution in [2.75, 3.05) is 7.11 Å². The Balaban J connectivity index is 1.85. The van der Waals surface area contributed by atoms with Crippen molar-refractivity contribution in [2.45, 2.75) is 12.5 Å². The number of fused-ring (bicyclic) bond motifs is 1. The zero-order valence-corrected chi connectivity index (χ0v) is 14.1. The third-order valence-electron chi connectivity index (χ3n) is 4.02. The Morgan fingerprint density at radius 3 is 2.58 bits per heavy atom. The first kappa shape index (κ1) is 17.5. The van der Waals surface area contributed by atoms with Gasteiger partial charge in [0.15, 0.2) is 0 Å². The Bertz CT molecular complexity index is 936. The molecule has 3 aromatic rings. The summed E-state index contributed by atoms with van der Waals surface area (Å²) < 4.78 is 17.8. The zero-order chi connectivity index (χ0) is 18.5. The summed E-state index contributed by atoms with van der Waals surface area (Å²) in [6, 6.07) is 13.8. The number of carbonyl (C=O) groups is 2. The van der Waals surface area contributed by atoms with Gasteiger partial charge in [-0.15, -0.1) is 0 Å². The lowest BCUT2D eigenvalue weighted by molar-refractivity contribution is -0.142. The third-order valence-corrected chi connectivity index (χ3v) is 4.02. The van der Waals surface area contributed by atoms with Crippen molar-refractivity contribution in [1.82, 2.24) is 10.3 Å². The number of hydrogen-bond acceptors (Lipinski definition) is 4. The van der Waals surface area contributed by atoms with Crippen LogP contribution in [-0.4, -0.2) is 30.0 Å². The molecule has 0 saturated carbocycles. The van der Waals surface area contributed by atoms with Gasteiger partial charge in [0.2, 0.25) is 0 Å². The van der Waals surface area contributed by atoms with E-state index < -0.39 is 17.9 Å². The van der Waals surface area contributed by atoms with E-state index in [1.54, 1.807) is 36.5 Å². The first-order chi connectivity index (χ1) is 12.6. The van der Waals surface area contributed by atoms with Gasteiger partial charge in [-0.3, -0.25) is 9.78 Å². The van der Waals surface area contributed by atoms with Gasteiger partial charge in [0.25, 0.3) is 5.91 Å². The Morgan fingerprint density at radius 1 is 1.12 bits per heavy atom. The van der Waals surface area contributed by atoms with Gasteiger partial charge in [-0.25, -0.2) is 9.18 Å². The first-order valence-corrected chi connectivity index (χ1v) is 8.05. The molecule has 0 bridgehead atoms. The maximum atomic E-state index is 13.1. The van der Waals surface area contributed by atoms with E-state index in [-0.39, 0.29) is 12.2 Å². The largest absolute Gasteiger partial charge is 0.467 e. The lowest BCUT2D eigenvalue weighted by Crippen LogP contribution is -2.43. The van der Waals surface area contributed by atoms with Gasteiger partial charge in [-0.2, -0.15) is 0 Å². The van der Waals surface area contributed by atoms with Gasteiger partial charge in [-0.1, -0.05) is 30.3 Å². The second-order valence-electron chi connectivity index (χ2n) is 5.76. The van der Waals surface area contributed by atoms with Crippen LogP contribution in [-0.2, 0) is 16.0 Å². The number of nitrogens with zero attached hydrogens (tertiary/aromatic N) is 1. The summed E-state index contributed by atoms with van der Waals surface area (Å²) in [6.45, 7) is 0. The lowest BCUT2D eigenvalue weighted by Gasteiger charge is -2.17. The number of nitrogens with one attached hydrogen (secondary N) is 1. The summed E-state index contributed by atoms with van der Waals surface area (Å²) in [5.41, 5.74) is 1.63. The molecule has 0 aliphatic heterocycles. The van der Waals surface area contributed by atoms with E-state index >= 15 is 0 Å². The molecule has 26 heavy (non-hydrogen) atoms. The van der Waals surface area contributed by atoms with Crippen molar-refractivity contribution in [3.63, 3.8) is 0 Å². The number of hydrogen-bond donors (Lipinski definition) is 1. The summed E-state index contributed by atoms with van der Waals surface area (Å²) in [4.78, 5) is 29.1. The Kier molecular flexibility index (Phi) is 5.22. The standard InChI is InChI=1S/C20H17FN2O3/c1-26-20(25)17(12-13-7-9-15(21)10-8-13)23-19(24)16-6-2-4-14-5-3-11-22-18(14)16/h2-11,17H,12H2,1H3,(H,23,24)/t17-/m1/s1. The molecule has 2 aromatic carbocycles. The summed E-state index contributed by atoms with van der Waals surface area (Å²) >= 11 is 0. The number of rotatable bonds is 5. The number of para-hydroxylation sites is 1. The number of aromatic nitrogens is 1. The van der Waals surface area contributed by atoms with Crippen LogP contribution in [0.4, 0.5) is 4.39 Å². The van der Waals surface area contributed by atoms with E-state index in [9.17, 15) is 14.0 Å². The second-order valence-corrected chi connectivity index (χ2v) is 5.76. The SMILES string of the molecule is COC(=O)[C@@H](Cc1ccc(F)cc1)NC(=O)c1cccc2cccnc12. The molecule has 1 atom stereocenters. The molecule has 0 spiro atoms. The molecule has 5 nitrogen and oxygen atoms in total. The van der Waals surface area contributed by atoms with Gasteiger partial charge in [-0.05, 0) is 29.8 Å². The van der Waals surface area contributed by atoms with Crippen molar-refractivity contribution in [1.29, 1.82) is 0 Å². The average molecular weight is 352 g/mol. The molecule has 1 amide bonds. The van der Waals surface area contributed by atoms with E-state index in [1.165, 1.54) is 19.2 Å². The number of ether oxygens (including phenoxy) is 1. The molecule has 1 heterocycles. The fourth-order valence-corrected chi connectivity index (χ4v) is 2.72. The highest BCUT2D eigenvalue weighted by molar-refractivity contribution is 6.06. The maximum absolute atomic E-state index is 13.1. The molecule has 0 fully saturated rings. The molecule has 0 aliphatic carbocycles. The number of benzene rings is 2. The lowest BCUT2D eigenvalue weighted by atomic mass is 10.0. The topological polar surface area (TPSA) is 68.3 Å². The van der Waals surface area contributed by atoms with E-state index in [0.29, 0.717) is 16.6 Å². The van der Waals surface area contributed by atoms with Crippen molar-refractivity contribution in [3.8, 4) is 0 Å². The van der Waals surface area contributed by atoms with Crippen LogP contribution in [0.5, 0.6) is 0 Å². The van der Waals surface area contributed by atoms with Crippen molar-refractivity contribution >= 4 is 22.8 Å². The highest BCUT2D eigenvalue weighted by Crippen LogP contribution is 2.16. The van der Waals surface area contributed by atoms with Crippen molar-refractivity contribution in [3.05, 3.63) is 77.7 Å². The first-order valence-electron chi connectivity index (χ1n) is 8.05. The minimum atomic E-state index is -0.892. The number of carbonyl (C=O) groups excluding carboxylic acids is 2. The van der Waals surface area contributed by atoms with E-state index in [1.807, 2.05) is 12.1 Å². The zero-order valence-electron chi connectivity index (χ0n) is 14.1. The van der Waals surface area contributed by atoms with E-state index in [2.05, 4.69) is 10.3 Å². The van der Waals surface area contributed by atoms with Gasteiger partial charge in [0.1, 0.15) is 11.9 Å². The molecule has 132 valence electrons. The van der Waals surface area contributed by atoms with Crippen LogP contribution in [0.1, 0.15) is 15.9 Å². The third kappa shape index (κ3) is 3.85. The highest BCUT2D eigenvalue weighted by atomic mass is 19.1. The van der Waals surface area contributed by atoms with Crippen LogP contribution in [0.2, 0.25) is 0 Å². The molecule has 0 unspecified atom stereocenters. The summed E-state index contributed by atoms with van der Waals surface area (Å²) in [7, 11) is 1.26. The van der Waals surface area contributed by atoms with Gasteiger partial charge in [0.05, 0.1) is 18.2 Å². The molecular weight excluding hydrogens is 335 g/mol. The summed E-state index contributed by atoms with van der Waals surface area (Å²) in [5, 5.41) is 3.52. The Hall–Kier alpha value is -3.28. The minimum absolute atomic E-state index is 0.191. The summed E-state index contributed by atoms with van der Waals surface area (Å²) in [5.74, 6) is -1.36. The van der Waals surface area contributed by atoms with Crippen LogP contribution in [0.3, 0.4) is 0 Å². The predicted octanol–water partition coefficient (Wildman–Crippen LogP) is 2.89. The van der Waals surface area contributed by atoms with Gasteiger partial charge < -0.3 is 10.1 Å². The quantitative estimate of drug-likeness (QED) is 0.717. The molecule has 3 rings (SSSR count). The summed E-state index contributed by atoms with van der Waals surface area (Å²) in [6.07, 6.45) is 1.80. The van der Waals surface area contributed by atoms with Crippen LogP contribution >= 0.6 is 0 Å². The van der Waals surface area contributed by atoms with Crippen molar-refractivity contribution in [2.24, 2.45) is 0 Å².